The van der Waals surface area contributed by atoms with Crippen LogP contribution in [-0.2, 0) is 15.3 Å². The van der Waals surface area contributed by atoms with Crippen molar-refractivity contribution in [1.29, 1.82) is 0 Å². The minimum atomic E-state index is -0.455. The smallest absolute Gasteiger partial charge is 0.251 e. The molecule has 0 spiro atoms. The highest BCUT2D eigenvalue weighted by Crippen LogP contribution is 2.31. The second kappa shape index (κ2) is 10.1. The first-order valence-electron chi connectivity index (χ1n) is 10.3. The van der Waals surface area contributed by atoms with Gasteiger partial charge in [-0.05, 0) is 42.7 Å². The highest BCUT2D eigenvalue weighted by Gasteiger charge is 2.22. The number of carbonyl (C=O) groups is 2. The molecule has 2 amide bonds. The first-order valence-corrected chi connectivity index (χ1v) is 11.3. The summed E-state index contributed by atoms with van der Waals surface area (Å²) in [5.74, 6) is 0.616. The number of hydrogen-bond donors (Lipinski definition) is 2. The number of hydrogen-bond acceptors (Lipinski definition) is 4. The molecule has 1 heterocycles. The topological polar surface area (TPSA) is 67.4 Å². The molecule has 0 bridgehead atoms. The van der Waals surface area contributed by atoms with Gasteiger partial charge in [-0.25, -0.2) is 0 Å². The molecule has 0 radical (unpaired) electrons. The molecule has 2 aromatic carbocycles. The summed E-state index contributed by atoms with van der Waals surface area (Å²) in [6.07, 6.45) is 2.19. The van der Waals surface area contributed by atoms with Crippen LogP contribution in [-0.4, -0.2) is 31.1 Å². The van der Waals surface area contributed by atoms with Gasteiger partial charge in [0.2, 0.25) is 5.91 Å². The fourth-order valence-electron chi connectivity index (χ4n) is 3.08. The third-order valence-electron chi connectivity index (χ3n) is 4.91. The fraction of sp³-hybridized carbons (Fsp3) is 0.417. The van der Waals surface area contributed by atoms with E-state index < -0.39 is 5.41 Å². The monoisotopic (exact) mass is 426 g/mol. The largest absolute Gasteiger partial charge is 0.376 e. The van der Waals surface area contributed by atoms with Crippen molar-refractivity contribution in [3.63, 3.8) is 0 Å². The van der Waals surface area contributed by atoms with Crippen LogP contribution >= 0.6 is 11.8 Å². The quantitative estimate of drug-likeness (QED) is 0.620. The average Bonchev–Trinajstić information content (AvgIpc) is 3.24. The Morgan fingerprint density at radius 3 is 2.67 bits per heavy atom. The average molecular weight is 427 g/mol. The Balaban J connectivity index is 1.60. The van der Waals surface area contributed by atoms with Gasteiger partial charge in [-0.1, -0.05) is 45.0 Å². The molecule has 0 saturated carbocycles. The molecule has 0 aliphatic carbocycles. The van der Waals surface area contributed by atoms with E-state index in [2.05, 4.69) is 10.6 Å². The predicted octanol–water partition coefficient (Wildman–Crippen LogP) is 4.87. The molecule has 3 rings (SSSR count). The summed E-state index contributed by atoms with van der Waals surface area (Å²) < 4.78 is 5.56. The number of carbonyl (C=O) groups excluding carboxylic acids is 2. The summed E-state index contributed by atoms with van der Waals surface area (Å²) in [7, 11) is 0. The highest BCUT2D eigenvalue weighted by molar-refractivity contribution is 7.98. The third-order valence-corrected chi connectivity index (χ3v) is 6.06. The van der Waals surface area contributed by atoms with Crippen LogP contribution in [0.5, 0.6) is 0 Å². The molecule has 1 atom stereocenters. The van der Waals surface area contributed by atoms with Crippen LogP contribution in [0.15, 0.2) is 53.4 Å². The van der Waals surface area contributed by atoms with Gasteiger partial charge in [0.15, 0.2) is 0 Å². The zero-order valence-corrected chi connectivity index (χ0v) is 18.7. The molecule has 1 aliphatic heterocycles. The Morgan fingerprint density at radius 2 is 1.93 bits per heavy atom. The lowest BCUT2D eigenvalue weighted by Crippen LogP contribution is -2.31. The number of thioether (sulfide) groups is 1. The van der Waals surface area contributed by atoms with Crippen LogP contribution in [0, 0.1) is 5.41 Å². The van der Waals surface area contributed by atoms with Crippen molar-refractivity contribution >= 4 is 29.3 Å². The van der Waals surface area contributed by atoms with Crippen LogP contribution in [0.1, 0.15) is 49.5 Å². The molecule has 1 saturated heterocycles. The standard InChI is InChI=1S/C24H30N2O3S/c1-24(2,3)23(28)26-20-11-4-5-12-21(20)30-16-17-8-6-9-18(14-17)22(27)25-15-19-10-7-13-29-19/h4-6,8-9,11-12,14,19H,7,10,13,15-16H2,1-3H3,(H,25,27)(H,26,28). The van der Waals surface area contributed by atoms with Crippen LogP contribution < -0.4 is 10.6 Å². The molecule has 1 unspecified atom stereocenters. The predicted molar refractivity (Wildman–Crippen MR) is 122 cm³/mol. The number of rotatable bonds is 7. The molecule has 5 nitrogen and oxygen atoms in total. The van der Waals surface area contributed by atoms with E-state index in [1.807, 2.05) is 69.3 Å². The normalized spacial score (nSPS) is 16.3. The molecule has 30 heavy (non-hydrogen) atoms. The van der Waals surface area contributed by atoms with E-state index in [1.165, 1.54) is 0 Å². The minimum Gasteiger partial charge on any atom is -0.376 e. The molecule has 1 fully saturated rings. The van der Waals surface area contributed by atoms with Crippen molar-refractivity contribution in [2.24, 2.45) is 5.41 Å². The Hall–Kier alpha value is -2.31. The van der Waals surface area contributed by atoms with E-state index in [1.54, 1.807) is 11.8 Å². The zero-order valence-electron chi connectivity index (χ0n) is 17.9. The molecule has 0 aromatic heterocycles. The van der Waals surface area contributed by atoms with Crippen LogP contribution in [0.25, 0.3) is 0 Å². The molecule has 6 heteroatoms. The summed E-state index contributed by atoms with van der Waals surface area (Å²) in [6, 6.07) is 15.5. The van der Waals surface area contributed by atoms with Crippen LogP contribution in [0.3, 0.4) is 0 Å². The maximum Gasteiger partial charge on any atom is 0.251 e. The number of amides is 2. The van der Waals surface area contributed by atoms with Gasteiger partial charge in [0, 0.05) is 34.8 Å². The van der Waals surface area contributed by atoms with Gasteiger partial charge < -0.3 is 15.4 Å². The van der Waals surface area contributed by atoms with E-state index >= 15 is 0 Å². The van der Waals surface area contributed by atoms with Crippen LogP contribution in [0.4, 0.5) is 5.69 Å². The van der Waals surface area contributed by atoms with Crippen molar-refractivity contribution in [2.75, 3.05) is 18.5 Å². The van der Waals surface area contributed by atoms with Crippen molar-refractivity contribution in [3.8, 4) is 0 Å². The highest BCUT2D eigenvalue weighted by atomic mass is 32.2. The van der Waals surface area contributed by atoms with E-state index in [0.29, 0.717) is 17.9 Å². The summed E-state index contributed by atoms with van der Waals surface area (Å²) in [4.78, 5) is 25.8. The summed E-state index contributed by atoms with van der Waals surface area (Å²) in [5, 5.41) is 5.99. The van der Waals surface area contributed by atoms with Crippen molar-refractivity contribution < 1.29 is 14.3 Å². The van der Waals surface area contributed by atoms with Gasteiger partial charge in [0.25, 0.3) is 5.91 Å². The van der Waals surface area contributed by atoms with E-state index in [-0.39, 0.29) is 17.9 Å². The molecule has 160 valence electrons. The van der Waals surface area contributed by atoms with Gasteiger partial charge in [-0.3, -0.25) is 9.59 Å². The van der Waals surface area contributed by atoms with Crippen molar-refractivity contribution in [3.05, 3.63) is 59.7 Å². The second-order valence-electron chi connectivity index (χ2n) is 8.53. The first kappa shape index (κ1) is 22.4. The summed E-state index contributed by atoms with van der Waals surface area (Å²) >= 11 is 1.64. The number of nitrogens with one attached hydrogen (secondary N) is 2. The second-order valence-corrected chi connectivity index (χ2v) is 9.55. The maximum atomic E-state index is 12.5. The lowest BCUT2D eigenvalue weighted by molar-refractivity contribution is -0.123. The number of benzene rings is 2. The molecular formula is C24H30N2O3S. The zero-order chi connectivity index (χ0) is 21.6. The van der Waals surface area contributed by atoms with Gasteiger partial charge >= 0.3 is 0 Å². The Labute approximate surface area is 183 Å². The maximum absolute atomic E-state index is 12.5. The lowest BCUT2D eigenvalue weighted by atomic mass is 9.95. The summed E-state index contributed by atoms with van der Waals surface area (Å²) in [6.45, 7) is 7.03. The number of anilines is 1. The molecule has 1 aliphatic rings. The lowest BCUT2D eigenvalue weighted by Gasteiger charge is -2.19. The van der Waals surface area contributed by atoms with Gasteiger partial charge in [0.1, 0.15) is 0 Å². The van der Waals surface area contributed by atoms with Crippen LogP contribution in [0.2, 0.25) is 0 Å². The Morgan fingerprint density at radius 1 is 1.13 bits per heavy atom. The Kier molecular flexibility index (Phi) is 7.56. The van der Waals surface area contributed by atoms with E-state index in [4.69, 9.17) is 4.74 Å². The Bertz CT molecular complexity index is 886. The summed E-state index contributed by atoms with van der Waals surface area (Å²) in [5.41, 5.74) is 2.07. The van der Waals surface area contributed by atoms with Crippen molar-refractivity contribution in [1.82, 2.24) is 5.32 Å². The molecule has 2 N–H and O–H groups in total. The molecular weight excluding hydrogens is 396 g/mol. The minimum absolute atomic E-state index is 0.0135. The van der Waals surface area contributed by atoms with Crippen molar-refractivity contribution in [2.45, 2.75) is 50.4 Å². The SMILES string of the molecule is CC(C)(C)C(=O)Nc1ccccc1SCc1cccc(C(=O)NCC2CCCO2)c1. The molecule has 2 aromatic rings. The fourth-order valence-corrected chi connectivity index (χ4v) is 4.03. The first-order chi connectivity index (χ1) is 14.3. The van der Waals surface area contributed by atoms with E-state index in [9.17, 15) is 9.59 Å². The number of ether oxygens (including phenoxy) is 1. The van der Waals surface area contributed by atoms with Gasteiger partial charge in [-0.15, -0.1) is 11.8 Å². The third kappa shape index (κ3) is 6.34. The number of para-hydroxylation sites is 1. The van der Waals surface area contributed by atoms with Gasteiger partial charge in [0.05, 0.1) is 11.8 Å². The van der Waals surface area contributed by atoms with E-state index in [0.717, 1.165) is 35.6 Å². The van der Waals surface area contributed by atoms with Gasteiger partial charge in [-0.2, -0.15) is 0 Å².